The lowest BCUT2D eigenvalue weighted by atomic mass is 9.88. The Morgan fingerprint density at radius 2 is 1.64 bits per heavy atom. The normalized spacial score (nSPS) is 16.8. The number of hydrogen-bond acceptors (Lipinski definition) is 7. The van der Waals surface area contributed by atoms with E-state index in [1.807, 2.05) is 43.9 Å². The zero-order valence-corrected chi connectivity index (χ0v) is 21.9. The third kappa shape index (κ3) is 5.64. The molecule has 1 aromatic heterocycles. The minimum Gasteiger partial charge on any atom is -0.494 e. The number of pyridine rings is 1. The van der Waals surface area contributed by atoms with Gasteiger partial charge in [-0.3, -0.25) is 4.98 Å². The summed E-state index contributed by atoms with van der Waals surface area (Å²) < 4.78 is 22.6. The van der Waals surface area contributed by atoms with Crippen LogP contribution in [0.25, 0.3) is 11.1 Å². The summed E-state index contributed by atoms with van der Waals surface area (Å²) in [6.07, 6.45) is 3.92. The third-order valence-corrected chi connectivity index (χ3v) is 6.49. The summed E-state index contributed by atoms with van der Waals surface area (Å²) >= 11 is 0. The number of nitrogens with zero attached hydrogens (tertiary/aromatic N) is 2. The fraction of sp³-hybridized carbons (Fsp3) is 0.414. The van der Waals surface area contributed by atoms with Crippen LogP contribution in [0.1, 0.15) is 43.5 Å². The van der Waals surface area contributed by atoms with Crippen molar-refractivity contribution in [3.05, 3.63) is 71.5 Å². The zero-order valence-electron chi connectivity index (χ0n) is 21.9. The molecule has 2 aromatic carbocycles. The largest absolute Gasteiger partial charge is 0.494 e. The number of fused-ring (bicyclic) bond motifs is 1. The molecule has 36 heavy (non-hydrogen) atoms. The van der Waals surface area contributed by atoms with E-state index in [2.05, 4.69) is 29.2 Å². The molecular weight excluding hydrogens is 456 g/mol. The number of aliphatic hydroxyl groups excluding tert-OH is 1. The SMILES string of the molecule is COc1cc2c(cc1OC)C(Cc1ccc(-c3ccncc3OC)cc1)N(C(O)OC(C)(C)C)CC2. The molecule has 1 aliphatic heterocycles. The molecule has 2 unspecified atom stereocenters. The van der Waals surface area contributed by atoms with Crippen molar-refractivity contribution >= 4 is 0 Å². The first-order chi connectivity index (χ1) is 17.2. The van der Waals surface area contributed by atoms with Gasteiger partial charge in [0.2, 0.25) is 6.41 Å². The van der Waals surface area contributed by atoms with Gasteiger partial charge in [0.25, 0.3) is 0 Å². The lowest BCUT2D eigenvalue weighted by molar-refractivity contribution is -0.250. The molecule has 2 heterocycles. The summed E-state index contributed by atoms with van der Waals surface area (Å²) in [7, 11) is 4.94. The monoisotopic (exact) mass is 492 g/mol. The van der Waals surface area contributed by atoms with Crippen LogP contribution in [-0.2, 0) is 17.6 Å². The molecule has 0 spiro atoms. The Balaban J connectivity index is 1.68. The van der Waals surface area contributed by atoms with Crippen LogP contribution in [0.15, 0.2) is 54.9 Å². The predicted molar refractivity (Wildman–Crippen MR) is 139 cm³/mol. The molecule has 4 rings (SSSR count). The number of aromatic nitrogens is 1. The molecule has 0 saturated carbocycles. The van der Waals surface area contributed by atoms with Crippen LogP contribution in [0.3, 0.4) is 0 Å². The molecule has 0 bridgehead atoms. The van der Waals surface area contributed by atoms with E-state index in [0.717, 1.165) is 34.4 Å². The molecule has 7 nitrogen and oxygen atoms in total. The Kier molecular flexibility index (Phi) is 7.83. The Hall–Kier alpha value is -3.13. The van der Waals surface area contributed by atoms with Crippen molar-refractivity contribution in [2.45, 2.75) is 51.7 Å². The average molecular weight is 493 g/mol. The second-order valence-corrected chi connectivity index (χ2v) is 9.94. The van der Waals surface area contributed by atoms with E-state index in [1.165, 1.54) is 5.56 Å². The van der Waals surface area contributed by atoms with Gasteiger partial charge in [0.15, 0.2) is 11.5 Å². The molecule has 1 N–H and O–H groups in total. The van der Waals surface area contributed by atoms with Gasteiger partial charge in [-0.15, -0.1) is 0 Å². The molecule has 0 radical (unpaired) electrons. The highest BCUT2D eigenvalue weighted by atomic mass is 16.6. The van der Waals surface area contributed by atoms with Crippen LogP contribution in [0.5, 0.6) is 17.2 Å². The van der Waals surface area contributed by atoms with E-state index in [1.54, 1.807) is 33.7 Å². The molecule has 0 amide bonds. The highest BCUT2D eigenvalue weighted by Gasteiger charge is 2.35. The second-order valence-electron chi connectivity index (χ2n) is 9.94. The van der Waals surface area contributed by atoms with Gasteiger partial charge in [0, 0.05) is 24.3 Å². The van der Waals surface area contributed by atoms with Crippen molar-refractivity contribution in [3.8, 4) is 28.4 Å². The molecule has 7 heteroatoms. The highest BCUT2D eigenvalue weighted by Crippen LogP contribution is 2.41. The van der Waals surface area contributed by atoms with Gasteiger partial charge in [-0.25, -0.2) is 4.90 Å². The molecule has 2 atom stereocenters. The molecular formula is C29H36N2O5. The van der Waals surface area contributed by atoms with E-state index in [0.29, 0.717) is 24.5 Å². The number of rotatable bonds is 8. The van der Waals surface area contributed by atoms with E-state index >= 15 is 0 Å². The van der Waals surface area contributed by atoms with Crippen LogP contribution in [0, 0.1) is 0 Å². The van der Waals surface area contributed by atoms with Gasteiger partial charge < -0.3 is 24.1 Å². The van der Waals surface area contributed by atoms with Crippen molar-refractivity contribution in [1.29, 1.82) is 0 Å². The lowest BCUT2D eigenvalue weighted by Crippen LogP contribution is -2.47. The van der Waals surface area contributed by atoms with Crippen LogP contribution in [-0.4, -0.2) is 54.9 Å². The fourth-order valence-corrected chi connectivity index (χ4v) is 4.75. The zero-order chi connectivity index (χ0) is 25.9. The standard InChI is InChI=1S/C29H36N2O5/c1-29(2,3)36-28(32)31-14-12-21-16-25(33-4)26(34-5)17-23(21)24(31)15-19-7-9-20(10-8-19)22-11-13-30-18-27(22)35-6/h7-11,13,16-18,24,28,32H,12,14-15H2,1-6H3. The molecule has 3 aromatic rings. The number of benzene rings is 2. The summed E-state index contributed by atoms with van der Waals surface area (Å²) in [5.41, 5.74) is 5.02. The van der Waals surface area contributed by atoms with Crippen LogP contribution >= 0.6 is 0 Å². The Morgan fingerprint density at radius 3 is 2.28 bits per heavy atom. The summed E-state index contributed by atoms with van der Waals surface area (Å²) in [6, 6.07) is 14.4. The van der Waals surface area contributed by atoms with E-state index in [4.69, 9.17) is 18.9 Å². The Bertz CT molecular complexity index is 1170. The number of methoxy groups -OCH3 is 3. The fourth-order valence-electron chi connectivity index (χ4n) is 4.75. The van der Waals surface area contributed by atoms with Gasteiger partial charge in [0.1, 0.15) is 5.75 Å². The first-order valence-electron chi connectivity index (χ1n) is 12.2. The summed E-state index contributed by atoms with van der Waals surface area (Å²) in [6.45, 7) is 6.51. The van der Waals surface area contributed by atoms with Gasteiger partial charge in [-0.2, -0.15) is 0 Å². The number of ether oxygens (including phenoxy) is 4. The van der Waals surface area contributed by atoms with Crippen molar-refractivity contribution in [2.75, 3.05) is 27.9 Å². The Labute approximate surface area is 213 Å². The Morgan fingerprint density at radius 1 is 0.972 bits per heavy atom. The minimum atomic E-state index is -1.03. The van der Waals surface area contributed by atoms with Crippen molar-refractivity contribution in [3.63, 3.8) is 0 Å². The van der Waals surface area contributed by atoms with Crippen LogP contribution in [0.4, 0.5) is 0 Å². The summed E-state index contributed by atoms with van der Waals surface area (Å²) in [5, 5.41) is 11.1. The van der Waals surface area contributed by atoms with E-state index in [-0.39, 0.29) is 6.04 Å². The van der Waals surface area contributed by atoms with E-state index in [9.17, 15) is 5.11 Å². The smallest absolute Gasteiger partial charge is 0.217 e. The molecule has 0 fully saturated rings. The molecule has 0 saturated heterocycles. The summed E-state index contributed by atoms with van der Waals surface area (Å²) in [4.78, 5) is 6.18. The van der Waals surface area contributed by atoms with E-state index < -0.39 is 12.0 Å². The molecule has 0 aliphatic carbocycles. The number of hydrogen-bond donors (Lipinski definition) is 1. The predicted octanol–water partition coefficient (Wildman–Crippen LogP) is 5.01. The van der Waals surface area contributed by atoms with Gasteiger partial charge in [-0.05, 0) is 74.1 Å². The van der Waals surface area contributed by atoms with Crippen LogP contribution in [0.2, 0.25) is 0 Å². The molecule has 1 aliphatic rings. The topological polar surface area (TPSA) is 73.3 Å². The van der Waals surface area contributed by atoms with Gasteiger partial charge >= 0.3 is 0 Å². The maximum absolute atomic E-state index is 11.1. The van der Waals surface area contributed by atoms with Gasteiger partial charge in [-0.1, -0.05) is 24.3 Å². The van der Waals surface area contributed by atoms with Crippen molar-refractivity contribution in [2.24, 2.45) is 0 Å². The van der Waals surface area contributed by atoms with Crippen LogP contribution < -0.4 is 14.2 Å². The quantitative estimate of drug-likeness (QED) is 0.443. The summed E-state index contributed by atoms with van der Waals surface area (Å²) in [5.74, 6) is 2.13. The first-order valence-corrected chi connectivity index (χ1v) is 12.2. The van der Waals surface area contributed by atoms with Crippen molar-refractivity contribution < 1.29 is 24.1 Å². The maximum Gasteiger partial charge on any atom is 0.217 e. The second kappa shape index (κ2) is 10.9. The van der Waals surface area contributed by atoms with Gasteiger partial charge in [0.05, 0.1) is 33.1 Å². The molecule has 192 valence electrons. The van der Waals surface area contributed by atoms with Crippen molar-refractivity contribution in [1.82, 2.24) is 9.88 Å². The first kappa shape index (κ1) is 25.9. The third-order valence-electron chi connectivity index (χ3n) is 6.49. The highest BCUT2D eigenvalue weighted by molar-refractivity contribution is 5.69. The number of aliphatic hydroxyl groups is 1. The average Bonchev–Trinajstić information content (AvgIpc) is 2.87. The maximum atomic E-state index is 11.1. The minimum absolute atomic E-state index is 0.104. The lowest BCUT2D eigenvalue weighted by Gasteiger charge is -2.42.